The maximum absolute atomic E-state index is 12.6. The number of nitrogens with zero attached hydrogens (tertiary/aromatic N) is 2. The molecule has 0 spiro atoms. The highest BCUT2D eigenvalue weighted by Gasteiger charge is 2.39. The van der Waals surface area contributed by atoms with Gasteiger partial charge in [0.25, 0.3) is 0 Å². The molecule has 1 aromatic heterocycles. The van der Waals surface area contributed by atoms with Crippen molar-refractivity contribution in [3.63, 3.8) is 0 Å². The van der Waals surface area contributed by atoms with Gasteiger partial charge in [-0.15, -0.1) is 0 Å². The van der Waals surface area contributed by atoms with Crippen LogP contribution in [0.5, 0.6) is 0 Å². The van der Waals surface area contributed by atoms with E-state index in [4.69, 9.17) is 0 Å². The molecule has 102 valence electrons. The molecule has 1 heterocycles. The predicted molar refractivity (Wildman–Crippen MR) is 74.3 cm³/mol. The number of carbonyl (C=O) groups is 2. The summed E-state index contributed by atoms with van der Waals surface area (Å²) in [5.74, 6) is 0.775. The molecular weight excluding hydrogens is 240 g/mol. The number of rotatable bonds is 3. The van der Waals surface area contributed by atoms with Crippen molar-refractivity contribution in [3.05, 3.63) is 23.4 Å². The minimum Gasteiger partial charge on any atom is -0.298 e. The fourth-order valence-electron chi connectivity index (χ4n) is 2.03. The second-order valence-electron chi connectivity index (χ2n) is 6.18. The zero-order valence-electron chi connectivity index (χ0n) is 11.9. The summed E-state index contributed by atoms with van der Waals surface area (Å²) in [7, 11) is 0. The minimum atomic E-state index is -0.431. The Morgan fingerprint density at radius 2 is 2.05 bits per heavy atom. The second-order valence-corrected chi connectivity index (χ2v) is 6.18. The smallest absolute Gasteiger partial charge is 0.233 e. The standard InChI is InChI=1S/C15H20N2O2/c1-10-7-11(9-18)8-16-13(10)17(12-5-6-12)14(19)15(2,3)4/h7-9,12H,5-6H2,1-4H3. The van der Waals surface area contributed by atoms with Gasteiger partial charge in [0.15, 0.2) is 6.29 Å². The van der Waals surface area contributed by atoms with E-state index >= 15 is 0 Å². The van der Waals surface area contributed by atoms with E-state index in [1.165, 1.54) is 6.20 Å². The number of hydrogen-bond acceptors (Lipinski definition) is 3. The van der Waals surface area contributed by atoms with E-state index in [1.54, 1.807) is 6.07 Å². The average Bonchev–Trinajstić information content (AvgIpc) is 3.14. The SMILES string of the molecule is Cc1cc(C=O)cnc1N(C(=O)C(C)(C)C)C1CC1. The summed E-state index contributed by atoms with van der Waals surface area (Å²) in [6, 6.07) is 2.04. The molecule has 0 unspecified atom stereocenters. The van der Waals surface area contributed by atoms with Crippen LogP contribution in [0.25, 0.3) is 0 Å². The number of aryl methyl sites for hydroxylation is 1. The normalized spacial score (nSPS) is 15.2. The van der Waals surface area contributed by atoms with Crippen molar-refractivity contribution in [2.75, 3.05) is 4.90 Å². The van der Waals surface area contributed by atoms with Crippen molar-refractivity contribution in [2.24, 2.45) is 5.41 Å². The van der Waals surface area contributed by atoms with Crippen molar-refractivity contribution >= 4 is 18.0 Å². The third-order valence-electron chi connectivity index (χ3n) is 3.21. The van der Waals surface area contributed by atoms with Crippen LogP contribution in [0.1, 0.15) is 49.5 Å². The summed E-state index contributed by atoms with van der Waals surface area (Å²) in [4.78, 5) is 29.5. The topological polar surface area (TPSA) is 50.3 Å². The lowest BCUT2D eigenvalue weighted by molar-refractivity contribution is -0.125. The quantitative estimate of drug-likeness (QED) is 0.785. The van der Waals surface area contributed by atoms with Crippen LogP contribution in [0.2, 0.25) is 0 Å². The summed E-state index contributed by atoms with van der Waals surface area (Å²) in [5, 5.41) is 0. The Kier molecular flexibility index (Phi) is 3.43. The summed E-state index contributed by atoms with van der Waals surface area (Å²) < 4.78 is 0. The molecule has 19 heavy (non-hydrogen) atoms. The zero-order valence-corrected chi connectivity index (χ0v) is 11.9. The Bertz CT molecular complexity index is 513. The molecule has 1 fully saturated rings. The zero-order chi connectivity index (χ0) is 14.2. The fourth-order valence-corrected chi connectivity index (χ4v) is 2.03. The van der Waals surface area contributed by atoms with Gasteiger partial charge in [0, 0.05) is 23.2 Å². The van der Waals surface area contributed by atoms with Crippen LogP contribution in [-0.4, -0.2) is 23.2 Å². The molecule has 0 radical (unpaired) electrons. The highest BCUT2D eigenvalue weighted by atomic mass is 16.2. The van der Waals surface area contributed by atoms with Crippen LogP contribution >= 0.6 is 0 Å². The molecule has 2 rings (SSSR count). The number of carbonyl (C=O) groups excluding carboxylic acids is 2. The van der Waals surface area contributed by atoms with Crippen LogP contribution in [-0.2, 0) is 4.79 Å². The Hall–Kier alpha value is -1.71. The third-order valence-corrected chi connectivity index (χ3v) is 3.21. The van der Waals surface area contributed by atoms with Crippen molar-refractivity contribution in [2.45, 2.75) is 46.6 Å². The Morgan fingerprint density at radius 3 is 2.47 bits per heavy atom. The molecule has 0 aliphatic heterocycles. The van der Waals surface area contributed by atoms with E-state index in [2.05, 4.69) is 4.98 Å². The summed E-state index contributed by atoms with van der Waals surface area (Å²) in [6.07, 6.45) is 4.36. The summed E-state index contributed by atoms with van der Waals surface area (Å²) in [6.45, 7) is 7.64. The van der Waals surface area contributed by atoms with Crippen LogP contribution in [0, 0.1) is 12.3 Å². The molecule has 0 atom stereocenters. The molecule has 0 bridgehead atoms. The molecule has 0 N–H and O–H groups in total. The van der Waals surface area contributed by atoms with E-state index < -0.39 is 5.41 Å². The van der Waals surface area contributed by atoms with E-state index in [0.29, 0.717) is 11.4 Å². The van der Waals surface area contributed by atoms with Gasteiger partial charge in [0.1, 0.15) is 5.82 Å². The largest absolute Gasteiger partial charge is 0.298 e. The second kappa shape index (κ2) is 4.76. The lowest BCUT2D eigenvalue weighted by Gasteiger charge is -2.29. The highest BCUT2D eigenvalue weighted by Crippen LogP contribution is 2.35. The molecule has 4 heteroatoms. The lowest BCUT2D eigenvalue weighted by Crippen LogP contribution is -2.42. The first-order valence-electron chi connectivity index (χ1n) is 6.60. The Labute approximate surface area is 113 Å². The van der Waals surface area contributed by atoms with Gasteiger partial charge in [0.05, 0.1) is 0 Å². The Morgan fingerprint density at radius 1 is 1.42 bits per heavy atom. The monoisotopic (exact) mass is 260 g/mol. The van der Waals surface area contributed by atoms with Crippen LogP contribution in [0.15, 0.2) is 12.3 Å². The van der Waals surface area contributed by atoms with Gasteiger partial charge in [0.2, 0.25) is 5.91 Å². The van der Waals surface area contributed by atoms with E-state index in [0.717, 1.165) is 24.7 Å². The van der Waals surface area contributed by atoms with Crippen molar-refractivity contribution in [1.29, 1.82) is 0 Å². The van der Waals surface area contributed by atoms with Gasteiger partial charge in [-0.05, 0) is 31.4 Å². The first-order valence-corrected chi connectivity index (χ1v) is 6.60. The number of pyridine rings is 1. The molecule has 4 nitrogen and oxygen atoms in total. The van der Waals surface area contributed by atoms with Crippen molar-refractivity contribution < 1.29 is 9.59 Å². The van der Waals surface area contributed by atoms with Gasteiger partial charge < -0.3 is 0 Å². The van der Waals surface area contributed by atoms with Gasteiger partial charge in [-0.25, -0.2) is 4.98 Å². The van der Waals surface area contributed by atoms with Crippen LogP contribution in [0.4, 0.5) is 5.82 Å². The molecular formula is C15H20N2O2. The van der Waals surface area contributed by atoms with E-state index in [9.17, 15) is 9.59 Å². The van der Waals surface area contributed by atoms with Gasteiger partial charge in [-0.2, -0.15) is 0 Å². The molecule has 1 saturated carbocycles. The van der Waals surface area contributed by atoms with Gasteiger partial charge in [-0.3, -0.25) is 14.5 Å². The summed E-state index contributed by atoms with van der Waals surface area (Å²) in [5.41, 5.74) is 0.981. The van der Waals surface area contributed by atoms with Crippen molar-refractivity contribution in [1.82, 2.24) is 4.98 Å². The van der Waals surface area contributed by atoms with E-state index in [-0.39, 0.29) is 11.9 Å². The van der Waals surface area contributed by atoms with E-state index in [1.807, 2.05) is 32.6 Å². The number of aldehydes is 1. The molecule has 1 aromatic rings. The lowest BCUT2D eigenvalue weighted by atomic mass is 9.94. The van der Waals surface area contributed by atoms with Crippen molar-refractivity contribution in [3.8, 4) is 0 Å². The molecule has 0 saturated heterocycles. The molecule has 1 aliphatic carbocycles. The Balaban J connectivity index is 2.40. The molecule has 1 amide bonds. The number of anilines is 1. The first kappa shape index (κ1) is 13.7. The van der Waals surface area contributed by atoms with Gasteiger partial charge in [-0.1, -0.05) is 20.8 Å². The van der Waals surface area contributed by atoms with Crippen LogP contribution < -0.4 is 4.90 Å². The summed E-state index contributed by atoms with van der Waals surface area (Å²) >= 11 is 0. The number of aromatic nitrogens is 1. The minimum absolute atomic E-state index is 0.0875. The maximum atomic E-state index is 12.6. The predicted octanol–water partition coefficient (Wildman–Crippen LogP) is 2.74. The first-order chi connectivity index (χ1) is 8.84. The highest BCUT2D eigenvalue weighted by molar-refractivity contribution is 5.97. The number of amides is 1. The maximum Gasteiger partial charge on any atom is 0.233 e. The molecule has 0 aromatic carbocycles. The fraction of sp³-hybridized carbons (Fsp3) is 0.533. The molecule has 1 aliphatic rings. The van der Waals surface area contributed by atoms with Gasteiger partial charge >= 0.3 is 0 Å². The van der Waals surface area contributed by atoms with Crippen LogP contribution in [0.3, 0.4) is 0 Å². The average molecular weight is 260 g/mol. The third kappa shape index (κ3) is 2.83. The number of hydrogen-bond donors (Lipinski definition) is 0.